The van der Waals surface area contributed by atoms with Crippen LogP contribution in [-0.4, -0.2) is 63.6 Å². The normalized spacial score (nSPS) is 21.2. The number of benzene rings is 1. The van der Waals surface area contributed by atoms with Gasteiger partial charge in [-0.25, -0.2) is 0 Å². The molecule has 9 heteroatoms. The maximum atomic E-state index is 7.80. The van der Waals surface area contributed by atoms with Crippen molar-refractivity contribution in [2.24, 2.45) is 11.8 Å². The van der Waals surface area contributed by atoms with Gasteiger partial charge < -0.3 is 27.5 Å². The lowest BCUT2D eigenvalue weighted by molar-refractivity contribution is -0.253. The number of hydrogen-bond acceptors (Lipinski definition) is 6. The fraction of sp³-hybridized carbons (Fsp3) is 0.867. The van der Waals surface area contributed by atoms with Crippen molar-refractivity contribution in [3.8, 4) is 5.75 Å². The van der Waals surface area contributed by atoms with Crippen molar-refractivity contribution in [3.63, 3.8) is 0 Å². The predicted molar refractivity (Wildman–Crippen MR) is 238 cm³/mol. The van der Waals surface area contributed by atoms with Crippen LogP contribution < -0.4 is 4.74 Å². The van der Waals surface area contributed by atoms with Crippen molar-refractivity contribution in [3.05, 3.63) is 29.8 Å². The van der Waals surface area contributed by atoms with Gasteiger partial charge in [-0.3, -0.25) is 0 Å². The Morgan fingerprint density at radius 2 is 1.17 bits per heavy atom. The van der Waals surface area contributed by atoms with E-state index in [1.807, 2.05) is 12.1 Å². The Labute approximate surface area is 338 Å². The maximum absolute atomic E-state index is 7.80. The third-order valence-corrected chi connectivity index (χ3v) is 30.6. The molecular formula is C45H88O6Si3. The Bertz CT molecular complexity index is 1170. The van der Waals surface area contributed by atoms with E-state index >= 15 is 0 Å². The molecule has 1 fully saturated rings. The van der Waals surface area contributed by atoms with Crippen LogP contribution in [0.15, 0.2) is 24.3 Å². The van der Waals surface area contributed by atoms with Gasteiger partial charge in [-0.15, -0.1) is 0 Å². The van der Waals surface area contributed by atoms with Gasteiger partial charge in [0.25, 0.3) is 0 Å². The summed E-state index contributed by atoms with van der Waals surface area (Å²) in [6, 6.07) is 8.11. The summed E-state index contributed by atoms with van der Waals surface area (Å²) in [5, 5.41) is 0.129. The smallest absolute Gasteiger partial charge is 0.200 e. The summed E-state index contributed by atoms with van der Waals surface area (Å²) in [6.07, 6.45) is 3.70. The summed E-state index contributed by atoms with van der Waals surface area (Å²) in [6.45, 7) is 46.7. The molecule has 0 aliphatic carbocycles. The molecule has 316 valence electrons. The van der Waals surface area contributed by atoms with Crippen LogP contribution >= 0.6 is 0 Å². The van der Waals surface area contributed by atoms with E-state index in [2.05, 4.69) is 143 Å². The topological polar surface area (TPSA) is 55.4 Å². The summed E-state index contributed by atoms with van der Waals surface area (Å²) in [7, 11) is -4.73. The van der Waals surface area contributed by atoms with Crippen LogP contribution in [0, 0.1) is 11.8 Å². The number of hydrogen-bond donors (Lipinski definition) is 0. The first-order chi connectivity index (χ1) is 24.9. The van der Waals surface area contributed by atoms with Gasteiger partial charge >= 0.3 is 0 Å². The van der Waals surface area contributed by atoms with Crippen molar-refractivity contribution in [1.82, 2.24) is 0 Å². The number of methoxy groups -OCH3 is 1. The maximum Gasteiger partial charge on any atom is 0.200 e. The van der Waals surface area contributed by atoms with Crippen molar-refractivity contribution in [1.29, 1.82) is 0 Å². The molecule has 1 aliphatic heterocycles. The highest BCUT2D eigenvalue weighted by atomic mass is 28.4. The molecule has 0 radical (unpaired) electrons. The first kappa shape index (κ1) is 49.6. The van der Waals surface area contributed by atoms with Gasteiger partial charge in [-0.05, 0) is 95.1 Å². The molecule has 2 rings (SSSR count). The van der Waals surface area contributed by atoms with E-state index in [9.17, 15) is 0 Å². The number of rotatable bonds is 22. The van der Waals surface area contributed by atoms with Gasteiger partial charge in [0.1, 0.15) is 5.75 Å². The third-order valence-electron chi connectivity index (χ3n) is 13.7. The van der Waals surface area contributed by atoms with Crippen LogP contribution in [0.25, 0.3) is 0 Å². The van der Waals surface area contributed by atoms with Crippen LogP contribution in [-0.2, 0) is 22.8 Å². The minimum atomic E-state index is -2.21. The van der Waals surface area contributed by atoms with Gasteiger partial charge in [0.2, 0.25) is 16.6 Å². The second-order valence-electron chi connectivity index (χ2n) is 20.2. The van der Waals surface area contributed by atoms with E-state index in [1.54, 1.807) is 7.11 Å². The molecule has 54 heavy (non-hydrogen) atoms. The highest BCUT2D eigenvalue weighted by molar-refractivity contribution is 6.78. The van der Waals surface area contributed by atoms with E-state index in [1.165, 1.54) is 0 Å². The standard InChI is InChI=1S/C45H88O6Si3/c1-21-38-29-47-44(39-23-26-40(46-18)27-24-39)49-43(38)37(14)22-25-41(50-53(31(2)3,32(4)5)33(6)7)28-42(30-48-52(19,20)45(15,16)17)51-54(34(8)9,35(10)11)36(12)13/h23-24,26-27,31-38,41-44H,21-22,25,28-30H2,1-20H3/t37-,38-,41-,42+,43-,44?/m1/s1. The van der Waals surface area contributed by atoms with Gasteiger partial charge in [0.15, 0.2) is 14.6 Å². The molecule has 0 saturated carbocycles. The third kappa shape index (κ3) is 12.0. The summed E-state index contributed by atoms with van der Waals surface area (Å²) in [4.78, 5) is 0. The summed E-state index contributed by atoms with van der Waals surface area (Å²) in [5.41, 5.74) is 4.05. The second-order valence-corrected chi connectivity index (χ2v) is 35.8. The van der Waals surface area contributed by atoms with E-state index in [0.29, 0.717) is 58.3 Å². The molecule has 6 atom stereocenters. The summed E-state index contributed by atoms with van der Waals surface area (Å²) >= 11 is 0. The van der Waals surface area contributed by atoms with E-state index in [-0.39, 0.29) is 29.6 Å². The van der Waals surface area contributed by atoms with Gasteiger partial charge in [-0.2, -0.15) is 0 Å². The minimum Gasteiger partial charge on any atom is -0.497 e. The van der Waals surface area contributed by atoms with Gasteiger partial charge in [0, 0.05) is 17.6 Å². The second kappa shape index (κ2) is 20.9. The molecule has 1 unspecified atom stereocenters. The lowest BCUT2D eigenvalue weighted by Gasteiger charge is -2.48. The highest BCUT2D eigenvalue weighted by Gasteiger charge is 2.50. The quantitative estimate of drug-likeness (QED) is 0.109. The molecule has 0 amide bonds. The molecule has 0 N–H and O–H groups in total. The molecule has 0 spiro atoms. The van der Waals surface area contributed by atoms with E-state index in [0.717, 1.165) is 37.0 Å². The average molecular weight is 809 g/mol. The summed E-state index contributed by atoms with van der Waals surface area (Å²) < 4.78 is 41.2. The first-order valence-corrected chi connectivity index (χ1v) is 29.0. The molecule has 1 aliphatic rings. The molecular weight excluding hydrogens is 721 g/mol. The molecule has 1 saturated heterocycles. The SMILES string of the molecule is CC[C@@H]1COC(c2ccc(OC)cc2)O[C@@H]1[C@H](C)CC[C@H](C[C@@H](CO[Si](C)(C)C(C)(C)C)O[Si](C(C)C)(C(C)C)C(C)C)O[Si](C(C)C)(C(C)C)C(C)C. The molecule has 1 aromatic carbocycles. The predicted octanol–water partition coefficient (Wildman–Crippen LogP) is 14.1. The number of ether oxygens (including phenoxy) is 3. The van der Waals surface area contributed by atoms with Crippen LogP contribution in [0.1, 0.15) is 155 Å². The molecule has 1 aromatic rings. The Balaban J connectivity index is 2.57. The molecule has 1 heterocycles. The van der Waals surface area contributed by atoms with Crippen molar-refractivity contribution < 1.29 is 27.5 Å². The Hall–Kier alpha value is -0.529. The fourth-order valence-corrected chi connectivity index (χ4v) is 21.9. The fourth-order valence-electron chi connectivity index (χ4n) is 9.68. The highest BCUT2D eigenvalue weighted by Crippen LogP contribution is 2.47. The van der Waals surface area contributed by atoms with Gasteiger partial charge in [0.05, 0.1) is 32.5 Å². The Kier molecular flexibility index (Phi) is 19.2. The average Bonchev–Trinajstić information content (AvgIpc) is 3.08. The van der Waals surface area contributed by atoms with Crippen molar-refractivity contribution >= 4 is 25.0 Å². The lowest BCUT2D eigenvalue weighted by Crippen LogP contribution is -2.54. The van der Waals surface area contributed by atoms with Crippen molar-refractivity contribution in [2.75, 3.05) is 20.3 Å². The molecule has 0 aromatic heterocycles. The van der Waals surface area contributed by atoms with Crippen molar-refractivity contribution in [2.45, 2.75) is 219 Å². The Morgan fingerprint density at radius 3 is 1.57 bits per heavy atom. The summed E-state index contributed by atoms with van der Waals surface area (Å²) in [5.74, 6) is 1.54. The van der Waals surface area contributed by atoms with Crippen LogP contribution in [0.3, 0.4) is 0 Å². The minimum absolute atomic E-state index is 0.0151. The van der Waals surface area contributed by atoms with Crippen LogP contribution in [0.2, 0.25) is 51.4 Å². The van der Waals surface area contributed by atoms with Crippen LogP contribution in [0.4, 0.5) is 0 Å². The largest absolute Gasteiger partial charge is 0.497 e. The van der Waals surface area contributed by atoms with E-state index in [4.69, 9.17) is 27.5 Å². The zero-order chi connectivity index (χ0) is 41.4. The van der Waals surface area contributed by atoms with Crippen LogP contribution in [0.5, 0.6) is 5.75 Å². The monoisotopic (exact) mass is 809 g/mol. The zero-order valence-electron chi connectivity index (χ0n) is 38.9. The lowest BCUT2D eigenvalue weighted by atomic mass is 9.86. The zero-order valence-corrected chi connectivity index (χ0v) is 41.9. The molecule has 0 bridgehead atoms. The molecule has 6 nitrogen and oxygen atoms in total. The van der Waals surface area contributed by atoms with E-state index < -0.39 is 25.0 Å². The first-order valence-electron chi connectivity index (χ1n) is 21.8. The Morgan fingerprint density at radius 1 is 0.704 bits per heavy atom. The van der Waals surface area contributed by atoms with Gasteiger partial charge in [-0.1, -0.05) is 130 Å².